The van der Waals surface area contributed by atoms with E-state index in [0.29, 0.717) is 11.5 Å². The molecule has 8 heteroatoms. The third-order valence-corrected chi connectivity index (χ3v) is 5.76. The van der Waals surface area contributed by atoms with Gasteiger partial charge in [0.2, 0.25) is 15.9 Å². The molecule has 26 heavy (non-hydrogen) atoms. The van der Waals surface area contributed by atoms with Gasteiger partial charge in [0.15, 0.2) is 11.5 Å². The number of hydrogen-bond donors (Lipinski definition) is 1. The lowest BCUT2D eigenvalue weighted by Crippen LogP contribution is -2.44. The molecular weight excluding hydrogens is 356 g/mol. The van der Waals surface area contributed by atoms with Crippen molar-refractivity contribution in [2.45, 2.75) is 44.7 Å². The molecule has 2 rings (SSSR count). The van der Waals surface area contributed by atoms with Crippen LogP contribution in [0.2, 0.25) is 0 Å². The number of amides is 1. The Labute approximate surface area is 155 Å². The van der Waals surface area contributed by atoms with Gasteiger partial charge in [0.1, 0.15) is 0 Å². The fraction of sp³-hybridized carbons (Fsp3) is 0.611. The summed E-state index contributed by atoms with van der Waals surface area (Å²) in [5.41, 5.74) is 0.721. The molecule has 146 valence electrons. The van der Waals surface area contributed by atoms with Crippen LogP contribution in [0.4, 0.5) is 0 Å². The number of ether oxygens (including phenoxy) is 2. The van der Waals surface area contributed by atoms with Crippen molar-refractivity contribution in [3.8, 4) is 11.5 Å². The van der Waals surface area contributed by atoms with Crippen LogP contribution >= 0.6 is 0 Å². The predicted octanol–water partition coefficient (Wildman–Crippen LogP) is 1.91. The Morgan fingerprint density at radius 2 is 1.81 bits per heavy atom. The molecule has 1 aromatic rings. The largest absolute Gasteiger partial charge is 0.493 e. The van der Waals surface area contributed by atoms with Gasteiger partial charge < -0.3 is 14.8 Å². The number of methoxy groups -OCH3 is 2. The normalized spacial score (nSPS) is 15.7. The molecule has 0 atom stereocenters. The summed E-state index contributed by atoms with van der Waals surface area (Å²) >= 11 is 0. The van der Waals surface area contributed by atoms with Crippen molar-refractivity contribution in [1.82, 2.24) is 9.62 Å². The first-order chi connectivity index (χ1) is 12.3. The molecule has 7 nitrogen and oxygen atoms in total. The van der Waals surface area contributed by atoms with Gasteiger partial charge in [-0.1, -0.05) is 25.3 Å². The van der Waals surface area contributed by atoms with Gasteiger partial charge in [0, 0.05) is 12.6 Å². The average molecular weight is 384 g/mol. The second kappa shape index (κ2) is 9.23. The van der Waals surface area contributed by atoms with E-state index >= 15 is 0 Å². The minimum absolute atomic E-state index is 0.0945. The lowest BCUT2D eigenvalue weighted by Gasteiger charge is -2.25. The molecule has 1 saturated carbocycles. The zero-order chi connectivity index (χ0) is 19.2. The van der Waals surface area contributed by atoms with Gasteiger partial charge in [-0.15, -0.1) is 0 Å². The Kier molecular flexibility index (Phi) is 7.28. The van der Waals surface area contributed by atoms with Crippen molar-refractivity contribution < 1.29 is 22.7 Å². The number of benzene rings is 1. The topological polar surface area (TPSA) is 84.9 Å². The molecule has 0 heterocycles. The van der Waals surface area contributed by atoms with Crippen LogP contribution < -0.4 is 14.8 Å². The van der Waals surface area contributed by atoms with E-state index in [2.05, 4.69) is 5.32 Å². The Bertz CT molecular complexity index is 714. The minimum atomic E-state index is -3.53. The van der Waals surface area contributed by atoms with Crippen molar-refractivity contribution in [2.75, 3.05) is 27.0 Å². The SMILES string of the molecule is COc1ccc(CN(CC(=O)NC2CCCCC2)S(C)(=O)=O)cc1OC. The lowest BCUT2D eigenvalue weighted by atomic mass is 9.95. The molecule has 0 saturated heterocycles. The van der Waals surface area contributed by atoms with Crippen molar-refractivity contribution in [3.63, 3.8) is 0 Å². The van der Waals surface area contributed by atoms with E-state index in [9.17, 15) is 13.2 Å². The molecule has 0 unspecified atom stereocenters. The quantitative estimate of drug-likeness (QED) is 0.740. The van der Waals surface area contributed by atoms with Gasteiger partial charge in [-0.2, -0.15) is 4.31 Å². The van der Waals surface area contributed by atoms with Crippen molar-refractivity contribution >= 4 is 15.9 Å². The number of sulfonamides is 1. The van der Waals surface area contributed by atoms with Crippen molar-refractivity contribution in [1.29, 1.82) is 0 Å². The van der Waals surface area contributed by atoms with Crippen LogP contribution in [0.15, 0.2) is 18.2 Å². The van der Waals surface area contributed by atoms with E-state index in [1.54, 1.807) is 18.2 Å². The molecule has 1 N–H and O–H groups in total. The van der Waals surface area contributed by atoms with Gasteiger partial charge in [0.25, 0.3) is 0 Å². The van der Waals surface area contributed by atoms with E-state index in [0.717, 1.165) is 37.5 Å². The lowest BCUT2D eigenvalue weighted by molar-refractivity contribution is -0.122. The predicted molar refractivity (Wildman–Crippen MR) is 99.8 cm³/mol. The van der Waals surface area contributed by atoms with Crippen LogP contribution in [0.25, 0.3) is 0 Å². The number of carbonyl (C=O) groups excluding carboxylic acids is 1. The molecule has 1 fully saturated rings. The standard InChI is InChI=1S/C18H28N2O5S/c1-24-16-10-9-14(11-17(16)25-2)12-20(26(3,22)23)13-18(21)19-15-7-5-4-6-8-15/h9-11,15H,4-8,12-13H2,1-3H3,(H,19,21). The molecular formula is C18H28N2O5S. The summed E-state index contributed by atoms with van der Waals surface area (Å²) in [6.45, 7) is -0.0963. The second-order valence-electron chi connectivity index (χ2n) is 6.62. The highest BCUT2D eigenvalue weighted by atomic mass is 32.2. The molecule has 0 spiro atoms. The molecule has 1 aliphatic carbocycles. The number of rotatable bonds is 8. The third-order valence-electron chi connectivity index (χ3n) is 4.57. The smallest absolute Gasteiger partial charge is 0.235 e. The summed E-state index contributed by atoms with van der Waals surface area (Å²) in [4.78, 5) is 12.3. The zero-order valence-electron chi connectivity index (χ0n) is 15.7. The summed E-state index contributed by atoms with van der Waals surface area (Å²) in [7, 11) is -0.475. The summed E-state index contributed by atoms with van der Waals surface area (Å²) in [6, 6.07) is 5.35. The van der Waals surface area contributed by atoms with Crippen LogP contribution in [-0.4, -0.2) is 51.7 Å². The molecule has 1 aromatic carbocycles. The second-order valence-corrected chi connectivity index (χ2v) is 8.61. The van der Waals surface area contributed by atoms with Gasteiger partial charge in [-0.25, -0.2) is 8.42 Å². The first-order valence-corrected chi connectivity index (χ1v) is 10.6. The maximum Gasteiger partial charge on any atom is 0.235 e. The first-order valence-electron chi connectivity index (χ1n) is 8.79. The number of nitrogens with zero attached hydrogens (tertiary/aromatic N) is 1. The van der Waals surface area contributed by atoms with Crippen LogP contribution in [0, 0.1) is 0 Å². The number of nitrogens with one attached hydrogen (secondary N) is 1. The third kappa shape index (κ3) is 5.88. The maximum atomic E-state index is 12.3. The molecule has 0 bridgehead atoms. The summed E-state index contributed by atoms with van der Waals surface area (Å²) in [5.74, 6) is 0.824. The zero-order valence-corrected chi connectivity index (χ0v) is 16.5. The van der Waals surface area contributed by atoms with Gasteiger partial charge in [-0.05, 0) is 30.5 Å². The van der Waals surface area contributed by atoms with Gasteiger partial charge >= 0.3 is 0 Å². The highest BCUT2D eigenvalue weighted by molar-refractivity contribution is 7.88. The Balaban J connectivity index is 2.06. The fourth-order valence-corrected chi connectivity index (χ4v) is 3.89. The van der Waals surface area contributed by atoms with E-state index in [1.165, 1.54) is 24.9 Å². The van der Waals surface area contributed by atoms with E-state index in [1.807, 2.05) is 0 Å². The van der Waals surface area contributed by atoms with Crippen LogP contribution in [0.1, 0.15) is 37.7 Å². The van der Waals surface area contributed by atoms with Crippen LogP contribution in [-0.2, 0) is 21.4 Å². The summed E-state index contributed by atoms with van der Waals surface area (Å²) < 4.78 is 35.9. The molecule has 1 aliphatic rings. The summed E-state index contributed by atoms with van der Waals surface area (Å²) in [6.07, 6.45) is 6.43. The highest BCUT2D eigenvalue weighted by Gasteiger charge is 2.23. The van der Waals surface area contributed by atoms with E-state index in [-0.39, 0.29) is 25.0 Å². The fourth-order valence-electron chi connectivity index (χ4n) is 3.15. The molecule has 0 aliphatic heterocycles. The average Bonchev–Trinajstić information content (AvgIpc) is 2.61. The number of carbonyl (C=O) groups is 1. The highest BCUT2D eigenvalue weighted by Crippen LogP contribution is 2.28. The molecule has 0 radical (unpaired) electrons. The minimum Gasteiger partial charge on any atom is -0.493 e. The van der Waals surface area contributed by atoms with E-state index in [4.69, 9.17) is 9.47 Å². The van der Waals surface area contributed by atoms with Crippen molar-refractivity contribution in [2.24, 2.45) is 0 Å². The van der Waals surface area contributed by atoms with Crippen LogP contribution in [0.3, 0.4) is 0 Å². The van der Waals surface area contributed by atoms with Gasteiger partial charge in [-0.3, -0.25) is 4.79 Å². The molecule has 0 aromatic heterocycles. The number of hydrogen-bond acceptors (Lipinski definition) is 5. The Morgan fingerprint density at radius 1 is 1.15 bits per heavy atom. The maximum absolute atomic E-state index is 12.3. The monoisotopic (exact) mass is 384 g/mol. The van der Waals surface area contributed by atoms with Gasteiger partial charge in [0.05, 0.1) is 27.0 Å². The molecule has 1 amide bonds. The first kappa shape index (κ1) is 20.5. The van der Waals surface area contributed by atoms with Crippen LogP contribution in [0.5, 0.6) is 11.5 Å². The summed E-state index contributed by atoms with van der Waals surface area (Å²) in [5, 5.41) is 2.96. The van der Waals surface area contributed by atoms with Crippen molar-refractivity contribution in [3.05, 3.63) is 23.8 Å². The van der Waals surface area contributed by atoms with E-state index < -0.39 is 10.0 Å². The Hall–Kier alpha value is -1.80. The Morgan fingerprint density at radius 3 is 2.38 bits per heavy atom.